The lowest BCUT2D eigenvalue weighted by Crippen LogP contribution is -2.44. The van der Waals surface area contributed by atoms with E-state index in [0.29, 0.717) is 24.2 Å². The molecule has 4 rings (SSSR count). The van der Waals surface area contributed by atoms with Gasteiger partial charge in [0.1, 0.15) is 11.1 Å². The van der Waals surface area contributed by atoms with E-state index in [-0.39, 0.29) is 35.3 Å². The van der Waals surface area contributed by atoms with Crippen LogP contribution in [0, 0.1) is 23.6 Å². The van der Waals surface area contributed by atoms with Gasteiger partial charge in [0.2, 0.25) is 5.91 Å². The molecule has 2 amide bonds. The zero-order valence-corrected chi connectivity index (χ0v) is 17.4. The van der Waals surface area contributed by atoms with Crippen molar-refractivity contribution in [2.45, 2.75) is 45.8 Å². The topological polar surface area (TPSA) is 87.3 Å². The predicted molar refractivity (Wildman–Crippen MR) is 105 cm³/mol. The van der Waals surface area contributed by atoms with Gasteiger partial charge in [-0.2, -0.15) is 5.10 Å². The number of para-hydroxylation sites is 1. The lowest BCUT2D eigenvalue weighted by molar-refractivity contribution is -0.125. The van der Waals surface area contributed by atoms with Crippen LogP contribution in [0.2, 0.25) is 0 Å². The number of fused-ring (bicyclic) bond motifs is 2. The number of aromatic amines is 1. The lowest BCUT2D eigenvalue weighted by atomic mass is 9.96. The van der Waals surface area contributed by atoms with Gasteiger partial charge in [-0.1, -0.05) is 12.1 Å². The lowest BCUT2D eigenvalue weighted by Gasteiger charge is -2.28. The number of hydrogen-bond acceptors (Lipinski definition) is 4. The normalized spacial score (nSPS) is 23.8. The second-order valence-electron chi connectivity index (χ2n) is 9.59. The SMILES string of the molecule is CC(C)(C)OC(=O)N1C[C@@H]2C(C(=O)NC(C)(C)c3[nH]nc4c(F)cccc34)[C@@H]2C1. The molecule has 1 saturated heterocycles. The molecule has 1 aliphatic carbocycles. The number of H-pyrrole nitrogens is 1. The molecule has 3 atom stereocenters. The van der Waals surface area contributed by atoms with Gasteiger partial charge < -0.3 is 15.0 Å². The van der Waals surface area contributed by atoms with E-state index in [9.17, 15) is 14.0 Å². The molecule has 156 valence electrons. The van der Waals surface area contributed by atoms with E-state index in [4.69, 9.17) is 4.74 Å². The van der Waals surface area contributed by atoms with Crippen LogP contribution in [0.25, 0.3) is 10.9 Å². The number of hydrogen-bond donors (Lipinski definition) is 2. The summed E-state index contributed by atoms with van der Waals surface area (Å²) in [6, 6.07) is 4.78. The molecule has 8 heteroatoms. The second-order valence-corrected chi connectivity index (χ2v) is 9.59. The van der Waals surface area contributed by atoms with Crippen LogP contribution in [0.15, 0.2) is 18.2 Å². The van der Waals surface area contributed by atoms with E-state index in [0.717, 1.165) is 0 Å². The van der Waals surface area contributed by atoms with Gasteiger partial charge in [0.25, 0.3) is 0 Å². The Labute approximate surface area is 169 Å². The van der Waals surface area contributed by atoms with Crippen molar-refractivity contribution in [3.63, 3.8) is 0 Å². The number of halogens is 1. The molecule has 0 spiro atoms. The van der Waals surface area contributed by atoms with E-state index in [1.54, 1.807) is 17.0 Å². The Morgan fingerprint density at radius 1 is 1.21 bits per heavy atom. The highest BCUT2D eigenvalue weighted by molar-refractivity contribution is 5.86. The van der Waals surface area contributed by atoms with Crippen LogP contribution in [0.4, 0.5) is 9.18 Å². The summed E-state index contributed by atoms with van der Waals surface area (Å²) in [7, 11) is 0. The molecule has 2 aromatic rings. The average molecular weight is 402 g/mol. The average Bonchev–Trinajstić information content (AvgIpc) is 2.96. The maximum Gasteiger partial charge on any atom is 0.410 e. The van der Waals surface area contributed by atoms with Crippen molar-refractivity contribution in [1.29, 1.82) is 0 Å². The number of ether oxygens (including phenoxy) is 1. The van der Waals surface area contributed by atoms with Gasteiger partial charge >= 0.3 is 6.09 Å². The zero-order chi connectivity index (χ0) is 21.1. The molecule has 2 fully saturated rings. The largest absolute Gasteiger partial charge is 0.444 e. The van der Waals surface area contributed by atoms with Crippen molar-refractivity contribution >= 4 is 22.9 Å². The van der Waals surface area contributed by atoms with E-state index < -0.39 is 17.0 Å². The van der Waals surface area contributed by atoms with Gasteiger partial charge in [-0.25, -0.2) is 9.18 Å². The molecule has 7 nitrogen and oxygen atoms in total. The Kier molecular flexibility index (Phi) is 4.36. The number of benzene rings is 1. The summed E-state index contributed by atoms with van der Waals surface area (Å²) in [5.41, 5.74) is -0.333. The van der Waals surface area contributed by atoms with Crippen molar-refractivity contribution < 1.29 is 18.7 Å². The molecule has 29 heavy (non-hydrogen) atoms. The van der Waals surface area contributed by atoms with Gasteiger partial charge in [-0.3, -0.25) is 9.89 Å². The van der Waals surface area contributed by atoms with Gasteiger partial charge in [0, 0.05) is 24.4 Å². The fourth-order valence-corrected chi connectivity index (χ4v) is 4.32. The smallest absolute Gasteiger partial charge is 0.410 e. The van der Waals surface area contributed by atoms with E-state index >= 15 is 0 Å². The molecule has 1 unspecified atom stereocenters. The monoisotopic (exact) mass is 402 g/mol. The number of carbonyl (C=O) groups excluding carboxylic acids is 2. The number of piperidine rings is 1. The number of likely N-dealkylation sites (tertiary alicyclic amines) is 1. The van der Waals surface area contributed by atoms with Gasteiger partial charge in [-0.15, -0.1) is 0 Å². The zero-order valence-electron chi connectivity index (χ0n) is 17.4. The number of amides is 2. The summed E-state index contributed by atoms with van der Waals surface area (Å²) >= 11 is 0. The maximum absolute atomic E-state index is 13.9. The maximum atomic E-state index is 13.9. The van der Waals surface area contributed by atoms with Crippen molar-refractivity contribution in [1.82, 2.24) is 20.4 Å². The van der Waals surface area contributed by atoms with Crippen LogP contribution < -0.4 is 5.32 Å². The molecule has 0 bridgehead atoms. The van der Waals surface area contributed by atoms with Crippen molar-refractivity contribution in [3.05, 3.63) is 29.7 Å². The van der Waals surface area contributed by atoms with Crippen LogP contribution in [0.1, 0.15) is 40.3 Å². The number of carbonyl (C=O) groups is 2. The third-order valence-electron chi connectivity index (χ3n) is 5.74. The van der Waals surface area contributed by atoms with Crippen molar-refractivity contribution in [2.24, 2.45) is 17.8 Å². The van der Waals surface area contributed by atoms with Crippen LogP contribution in [0.5, 0.6) is 0 Å². The van der Waals surface area contributed by atoms with Gasteiger partial charge in [0.05, 0.1) is 11.2 Å². The number of rotatable bonds is 3. The Morgan fingerprint density at radius 2 is 1.86 bits per heavy atom. The van der Waals surface area contributed by atoms with Gasteiger partial charge in [0.15, 0.2) is 5.82 Å². The Balaban J connectivity index is 1.40. The highest BCUT2D eigenvalue weighted by Crippen LogP contribution is 2.52. The Hall–Kier alpha value is -2.64. The van der Waals surface area contributed by atoms with Crippen molar-refractivity contribution in [2.75, 3.05) is 13.1 Å². The first-order chi connectivity index (χ1) is 13.5. The third-order valence-corrected chi connectivity index (χ3v) is 5.74. The fraction of sp³-hybridized carbons (Fsp3) is 0.571. The van der Waals surface area contributed by atoms with Crippen LogP contribution in [-0.4, -0.2) is 45.8 Å². The summed E-state index contributed by atoms with van der Waals surface area (Å²) in [4.78, 5) is 26.8. The molecule has 1 aromatic heterocycles. The van der Waals surface area contributed by atoms with E-state index in [2.05, 4.69) is 15.5 Å². The summed E-state index contributed by atoms with van der Waals surface area (Å²) in [6.07, 6.45) is -0.324. The van der Waals surface area contributed by atoms with Crippen LogP contribution >= 0.6 is 0 Å². The first-order valence-corrected chi connectivity index (χ1v) is 9.91. The van der Waals surface area contributed by atoms with Crippen LogP contribution in [-0.2, 0) is 15.1 Å². The van der Waals surface area contributed by atoms with E-state index in [1.807, 2.05) is 34.6 Å². The summed E-state index contributed by atoms with van der Waals surface area (Å²) < 4.78 is 19.3. The molecule has 0 radical (unpaired) electrons. The highest BCUT2D eigenvalue weighted by atomic mass is 19.1. The molecule has 2 aliphatic rings. The first kappa shape index (κ1) is 19.7. The predicted octanol–water partition coefficient (Wildman–Crippen LogP) is 3.17. The third kappa shape index (κ3) is 3.56. The molecule has 1 aromatic carbocycles. The van der Waals surface area contributed by atoms with Crippen LogP contribution in [0.3, 0.4) is 0 Å². The minimum atomic E-state index is -0.735. The Bertz CT molecular complexity index is 966. The summed E-state index contributed by atoms with van der Waals surface area (Å²) in [5, 5.41) is 10.7. The number of nitrogens with one attached hydrogen (secondary N) is 2. The number of nitrogens with zero attached hydrogens (tertiary/aromatic N) is 2. The molecular weight excluding hydrogens is 375 g/mol. The second kappa shape index (κ2) is 6.43. The first-order valence-electron chi connectivity index (χ1n) is 9.91. The minimum absolute atomic E-state index is 0.0482. The molecule has 2 N–H and O–H groups in total. The summed E-state index contributed by atoms with van der Waals surface area (Å²) in [5.74, 6) is -0.235. The van der Waals surface area contributed by atoms with E-state index in [1.165, 1.54) is 6.07 Å². The molecule has 1 aliphatic heterocycles. The molecule has 2 heterocycles. The summed E-state index contributed by atoms with van der Waals surface area (Å²) in [6.45, 7) is 10.3. The fourth-order valence-electron chi connectivity index (χ4n) is 4.32. The van der Waals surface area contributed by atoms with Crippen molar-refractivity contribution in [3.8, 4) is 0 Å². The standard InChI is InChI=1S/C21H27FN4O3/c1-20(2,3)29-19(28)26-9-12-13(10-26)15(12)18(27)23-21(4,5)17-11-7-6-8-14(22)16(11)24-25-17/h6-8,12-13,15H,9-10H2,1-5H3,(H,23,27)(H,24,25)/t12-,13+,15?. The quantitative estimate of drug-likeness (QED) is 0.826. The van der Waals surface area contributed by atoms with Gasteiger partial charge in [-0.05, 0) is 52.5 Å². The Morgan fingerprint density at radius 3 is 2.48 bits per heavy atom. The highest BCUT2D eigenvalue weighted by Gasteiger charge is 2.61. The molecule has 1 saturated carbocycles. The number of aromatic nitrogens is 2. The molecular formula is C21H27FN4O3. The minimum Gasteiger partial charge on any atom is -0.444 e.